The van der Waals surface area contributed by atoms with Gasteiger partial charge in [-0.05, 0) is 12.2 Å². The fourth-order valence-corrected chi connectivity index (χ4v) is 0.287. The van der Waals surface area contributed by atoms with Crippen LogP contribution in [0.4, 0.5) is 0 Å². The first-order chi connectivity index (χ1) is 4.66. The van der Waals surface area contributed by atoms with E-state index in [1.807, 2.05) is 0 Å². The van der Waals surface area contributed by atoms with E-state index in [0.717, 1.165) is 6.21 Å². The van der Waals surface area contributed by atoms with Crippen LogP contribution < -0.4 is 11.2 Å². The van der Waals surface area contributed by atoms with Crippen molar-refractivity contribution in [3.05, 3.63) is 0 Å². The number of nitrogens with two attached hydrogens (primary N) is 1. The smallest absolute Gasteiger partial charge is 0.184 e. The third-order valence-electron chi connectivity index (χ3n) is 0.608. The standard InChI is InChI=1S/C4H9N3O2S/c5-4(10)7-6-1-3(9)2-8/h1,3,8-9H,2H2,(H3,5,7,10)/b6-1-/t3-/m0/s1. The van der Waals surface area contributed by atoms with Crippen molar-refractivity contribution in [3.8, 4) is 0 Å². The third-order valence-corrected chi connectivity index (χ3v) is 0.700. The summed E-state index contributed by atoms with van der Waals surface area (Å²) in [7, 11) is 0. The number of hydrogen-bond donors (Lipinski definition) is 4. The number of aliphatic hydroxyl groups excluding tert-OH is 2. The van der Waals surface area contributed by atoms with Gasteiger partial charge in [-0.1, -0.05) is 0 Å². The zero-order valence-electron chi connectivity index (χ0n) is 5.19. The number of aliphatic hydroxyl groups is 2. The van der Waals surface area contributed by atoms with Crippen LogP contribution in [0.25, 0.3) is 0 Å². The van der Waals surface area contributed by atoms with Crippen LogP contribution in [0.2, 0.25) is 0 Å². The Morgan fingerprint density at radius 3 is 2.90 bits per heavy atom. The van der Waals surface area contributed by atoms with E-state index >= 15 is 0 Å². The Bertz CT molecular complexity index is 138. The topological polar surface area (TPSA) is 90.9 Å². The monoisotopic (exact) mass is 163 g/mol. The van der Waals surface area contributed by atoms with Gasteiger partial charge < -0.3 is 15.9 Å². The summed E-state index contributed by atoms with van der Waals surface area (Å²) in [4.78, 5) is 0. The second kappa shape index (κ2) is 5.10. The molecule has 0 spiro atoms. The van der Waals surface area contributed by atoms with E-state index in [2.05, 4.69) is 22.7 Å². The van der Waals surface area contributed by atoms with E-state index in [4.69, 9.17) is 15.9 Å². The first-order valence-electron chi connectivity index (χ1n) is 2.54. The second-order valence-electron chi connectivity index (χ2n) is 1.50. The van der Waals surface area contributed by atoms with Crippen LogP contribution in [0.15, 0.2) is 5.10 Å². The van der Waals surface area contributed by atoms with Crippen molar-refractivity contribution < 1.29 is 10.2 Å². The molecule has 0 saturated heterocycles. The van der Waals surface area contributed by atoms with Crippen LogP contribution in [-0.2, 0) is 0 Å². The lowest BCUT2D eigenvalue weighted by Gasteiger charge is -1.97. The molecule has 0 fully saturated rings. The van der Waals surface area contributed by atoms with Crippen LogP contribution in [0.5, 0.6) is 0 Å². The fraction of sp³-hybridized carbons (Fsp3) is 0.500. The molecule has 0 aromatic carbocycles. The number of nitrogens with zero attached hydrogens (tertiary/aromatic N) is 1. The summed E-state index contributed by atoms with van der Waals surface area (Å²) in [5.41, 5.74) is 7.20. The first kappa shape index (κ1) is 9.28. The van der Waals surface area contributed by atoms with Crippen molar-refractivity contribution in [2.45, 2.75) is 6.10 Å². The molecule has 0 aromatic rings. The van der Waals surface area contributed by atoms with Crippen molar-refractivity contribution in [2.75, 3.05) is 6.61 Å². The molecule has 6 heteroatoms. The van der Waals surface area contributed by atoms with Gasteiger partial charge in [-0.3, -0.25) is 5.43 Å². The second-order valence-corrected chi connectivity index (χ2v) is 1.94. The highest BCUT2D eigenvalue weighted by atomic mass is 32.1. The molecule has 0 saturated carbocycles. The van der Waals surface area contributed by atoms with E-state index in [1.165, 1.54) is 0 Å². The Morgan fingerprint density at radius 1 is 1.90 bits per heavy atom. The molecule has 0 rings (SSSR count). The van der Waals surface area contributed by atoms with E-state index in [-0.39, 0.29) is 11.7 Å². The predicted octanol–water partition coefficient (Wildman–Crippen LogP) is -1.84. The van der Waals surface area contributed by atoms with Gasteiger partial charge in [0.05, 0.1) is 12.8 Å². The van der Waals surface area contributed by atoms with E-state index < -0.39 is 6.10 Å². The van der Waals surface area contributed by atoms with Crippen molar-refractivity contribution in [1.29, 1.82) is 0 Å². The third kappa shape index (κ3) is 5.42. The molecule has 0 bridgehead atoms. The van der Waals surface area contributed by atoms with Crippen LogP contribution in [-0.4, -0.2) is 34.3 Å². The van der Waals surface area contributed by atoms with E-state index in [1.54, 1.807) is 0 Å². The van der Waals surface area contributed by atoms with Gasteiger partial charge in [0.25, 0.3) is 0 Å². The maximum absolute atomic E-state index is 8.65. The summed E-state index contributed by atoms with van der Waals surface area (Å²) in [5, 5.41) is 20.3. The number of nitrogens with one attached hydrogen (secondary N) is 1. The predicted molar refractivity (Wildman–Crippen MR) is 41.5 cm³/mol. The molecule has 0 aliphatic carbocycles. The summed E-state index contributed by atoms with van der Waals surface area (Å²) in [6.45, 7) is -0.373. The van der Waals surface area contributed by atoms with Gasteiger partial charge in [0.1, 0.15) is 6.10 Å². The summed E-state index contributed by atoms with van der Waals surface area (Å²) in [6.07, 6.45) is 0.126. The molecule has 10 heavy (non-hydrogen) atoms. The molecule has 1 atom stereocenters. The Morgan fingerprint density at radius 2 is 2.50 bits per heavy atom. The molecular weight excluding hydrogens is 154 g/mol. The van der Waals surface area contributed by atoms with Gasteiger partial charge in [0.2, 0.25) is 0 Å². The van der Waals surface area contributed by atoms with Crippen molar-refractivity contribution in [1.82, 2.24) is 5.43 Å². The van der Waals surface area contributed by atoms with Crippen LogP contribution >= 0.6 is 12.2 Å². The molecule has 58 valence electrons. The summed E-state index contributed by atoms with van der Waals surface area (Å²) in [5.74, 6) is 0. The average Bonchev–Trinajstić information content (AvgIpc) is 1.87. The lowest BCUT2D eigenvalue weighted by atomic mass is 10.4. The van der Waals surface area contributed by atoms with Gasteiger partial charge in [0, 0.05) is 0 Å². The molecule has 0 aromatic heterocycles. The average molecular weight is 163 g/mol. The fourth-order valence-electron chi connectivity index (χ4n) is 0.234. The maximum Gasteiger partial charge on any atom is 0.184 e. The summed E-state index contributed by atoms with van der Waals surface area (Å²) < 4.78 is 0. The number of hydrogen-bond acceptors (Lipinski definition) is 4. The van der Waals surface area contributed by atoms with Crippen molar-refractivity contribution >= 4 is 23.5 Å². The molecule has 5 N–H and O–H groups in total. The number of rotatable bonds is 3. The largest absolute Gasteiger partial charge is 0.393 e. The molecule has 0 aliphatic heterocycles. The highest BCUT2D eigenvalue weighted by Gasteiger charge is 1.93. The Labute approximate surface area is 63.5 Å². The van der Waals surface area contributed by atoms with Gasteiger partial charge in [-0.2, -0.15) is 5.10 Å². The Kier molecular flexibility index (Phi) is 4.73. The molecule has 0 radical (unpaired) electrons. The Hall–Kier alpha value is -0.720. The van der Waals surface area contributed by atoms with Crippen molar-refractivity contribution in [2.24, 2.45) is 10.8 Å². The Balaban J connectivity index is 3.45. The zero-order chi connectivity index (χ0) is 7.98. The zero-order valence-corrected chi connectivity index (χ0v) is 6.01. The van der Waals surface area contributed by atoms with E-state index in [9.17, 15) is 0 Å². The lowest BCUT2D eigenvalue weighted by Crippen LogP contribution is -2.25. The summed E-state index contributed by atoms with van der Waals surface area (Å²) in [6, 6.07) is 0. The maximum atomic E-state index is 8.65. The molecule has 0 heterocycles. The van der Waals surface area contributed by atoms with Gasteiger partial charge in [-0.25, -0.2) is 0 Å². The lowest BCUT2D eigenvalue weighted by molar-refractivity contribution is 0.148. The van der Waals surface area contributed by atoms with E-state index in [0.29, 0.717) is 0 Å². The molecule has 0 aliphatic rings. The minimum absolute atomic E-state index is 0.0152. The molecule has 0 unspecified atom stereocenters. The quantitative estimate of drug-likeness (QED) is 0.223. The van der Waals surface area contributed by atoms with Crippen molar-refractivity contribution in [3.63, 3.8) is 0 Å². The van der Waals surface area contributed by atoms with Crippen LogP contribution in [0, 0.1) is 0 Å². The highest BCUT2D eigenvalue weighted by molar-refractivity contribution is 7.80. The summed E-state index contributed by atoms with van der Waals surface area (Å²) >= 11 is 4.39. The van der Waals surface area contributed by atoms with Crippen LogP contribution in [0.1, 0.15) is 0 Å². The molecule has 5 nitrogen and oxygen atoms in total. The van der Waals surface area contributed by atoms with Gasteiger partial charge in [0.15, 0.2) is 5.11 Å². The van der Waals surface area contributed by atoms with Gasteiger partial charge >= 0.3 is 0 Å². The SMILES string of the molecule is NC(=S)N/N=C\[C@H](O)CO. The molecular formula is C4H9N3O2S. The first-order valence-corrected chi connectivity index (χ1v) is 2.95. The number of thiocarbonyl (C=S) groups is 1. The minimum atomic E-state index is -0.971. The normalized spacial score (nSPS) is 13.4. The van der Waals surface area contributed by atoms with Gasteiger partial charge in [-0.15, -0.1) is 0 Å². The highest BCUT2D eigenvalue weighted by Crippen LogP contribution is 1.71. The van der Waals surface area contributed by atoms with Crippen LogP contribution in [0.3, 0.4) is 0 Å². The molecule has 0 amide bonds. The number of hydrazone groups is 1. The minimum Gasteiger partial charge on any atom is -0.393 e.